The van der Waals surface area contributed by atoms with E-state index in [-0.39, 0.29) is 11.5 Å². The van der Waals surface area contributed by atoms with E-state index in [4.69, 9.17) is 0 Å². The highest BCUT2D eigenvalue weighted by Gasteiger charge is 2.23. The lowest BCUT2D eigenvalue weighted by Gasteiger charge is -2.20. The van der Waals surface area contributed by atoms with Gasteiger partial charge in [-0.2, -0.15) is 0 Å². The Morgan fingerprint density at radius 1 is 1.27 bits per heavy atom. The number of allylic oxidation sites excluding steroid dienone is 4. The third-order valence-corrected chi connectivity index (χ3v) is 7.11. The molecule has 5 rings (SSSR count). The van der Waals surface area contributed by atoms with Gasteiger partial charge in [0.15, 0.2) is 0 Å². The van der Waals surface area contributed by atoms with Crippen LogP contribution in [0.15, 0.2) is 72.2 Å². The summed E-state index contributed by atoms with van der Waals surface area (Å²) in [6, 6.07) is 10.9. The molecule has 3 heterocycles. The number of nitrogens with one attached hydrogen (secondary N) is 3. The second-order valence-corrected chi connectivity index (χ2v) is 9.21. The number of aromatic nitrogens is 2. The summed E-state index contributed by atoms with van der Waals surface area (Å²) < 4.78 is 0. The Balaban J connectivity index is 1.47. The molecule has 3 aromatic rings. The Morgan fingerprint density at radius 2 is 2.18 bits per heavy atom. The topological polar surface area (TPSA) is 63.9 Å². The highest BCUT2D eigenvalue weighted by molar-refractivity contribution is 5.93. The normalized spacial score (nSPS) is 20.5. The molecule has 3 N–H and O–H groups in total. The van der Waals surface area contributed by atoms with E-state index in [9.17, 15) is 4.79 Å². The van der Waals surface area contributed by atoms with E-state index in [1.165, 1.54) is 24.9 Å². The Morgan fingerprint density at radius 3 is 2.94 bits per heavy atom. The highest BCUT2D eigenvalue weighted by atomic mass is 16.1. The Labute approximate surface area is 194 Å². The van der Waals surface area contributed by atoms with Gasteiger partial charge in [-0.15, -0.1) is 0 Å². The van der Waals surface area contributed by atoms with Gasteiger partial charge in [-0.1, -0.05) is 36.9 Å². The van der Waals surface area contributed by atoms with Crippen LogP contribution in [0.4, 0.5) is 0 Å². The van der Waals surface area contributed by atoms with Crippen molar-refractivity contribution in [2.75, 3.05) is 20.1 Å². The first kappa shape index (κ1) is 21.5. The molecule has 1 aliphatic carbocycles. The molecule has 0 bridgehead atoms. The van der Waals surface area contributed by atoms with Gasteiger partial charge >= 0.3 is 0 Å². The van der Waals surface area contributed by atoms with Gasteiger partial charge in [-0.05, 0) is 74.7 Å². The number of benzene rings is 1. The lowest BCUT2D eigenvalue weighted by Crippen LogP contribution is -2.28. The smallest absolute Gasteiger partial charge is 0.257 e. The van der Waals surface area contributed by atoms with Crippen molar-refractivity contribution >= 4 is 16.6 Å². The van der Waals surface area contributed by atoms with Crippen LogP contribution in [0, 0.1) is 0 Å². The van der Waals surface area contributed by atoms with Crippen LogP contribution < -0.4 is 10.9 Å². The van der Waals surface area contributed by atoms with E-state index < -0.39 is 0 Å². The van der Waals surface area contributed by atoms with Crippen molar-refractivity contribution < 1.29 is 0 Å². The van der Waals surface area contributed by atoms with E-state index in [0.29, 0.717) is 11.6 Å². The van der Waals surface area contributed by atoms with E-state index in [0.717, 1.165) is 47.2 Å². The van der Waals surface area contributed by atoms with E-state index in [2.05, 4.69) is 76.3 Å². The van der Waals surface area contributed by atoms with Gasteiger partial charge in [0, 0.05) is 41.3 Å². The first-order chi connectivity index (χ1) is 16.1. The van der Waals surface area contributed by atoms with Gasteiger partial charge in [0.25, 0.3) is 5.56 Å². The fourth-order valence-electron chi connectivity index (χ4n) is 5.25. The summed E-state index contributed by atoms with van der Waals surface area (Å²) >= 11 is 0. The molecule has 1 saturated heterocycles. The third kappa shape index (κ3) is 4.33. The average Bonchev–Trinajstić information content (AvgIpc) is 3.42. The molecule has 5 nitrogen and oxygen atoms in total. The summed E-state index contributed by atoms with van der Waals surface area (Å²) in [6.45, 7) is 6.45. The van der Waals surface area contributed by atoms with Crippen LogP contribution in [0.1, 0.15) is 42.7 Å². The molecular formula is C28H32N4O. The molecule has 170 valence electrons. The molecule has 33 heavy (non-hydrogen) atoms. The predicted molar refractivity (Wildman–Crippen MR) is 137 cm³/mol. The standard InChI is InChI=1S/C28H32N4O/c1-19(29-16-14-22-10-7-17-32(22)2)21-12-13-25-24(18-21)26(20-8-4-3-5-9-20)27(31-25)23-11-6-15-30-28(23)33/h3-6,8,11-13,15,18,20,22,29,31H,1,7,9-10,14,16-17H2,2H3,(H,30,33). The Bertz CT molecular complexity index is 1280. The van der Waals surface area contributed by atoms with Crippen molar-refractivity contribution in [3.05, 3.63) is 88.9 Å². The first-order valence-corrected chi connectivity index (χ1v) is 11.9. The second-order valence-electron chi connectivity index (χ2n) is 9.21. The molecule has 1 aromatic carbocycles. The molecule has 2 atom stereocenters. The molecule has 0 amide bonds. The van der Waals surface area contributed by atoms with Crippen LogP contribution in [0.25, 0.3) is 27.9 Å². The van der Waals surface area contributed by atoms with Gasteiger partial charge in [0.1, 0.15) is 0 Å². The first-order valence-electron chi connectivity index (χ1n) is 11.9. The minimum atomic E-state index is -0.0798. The lowest BCUT2D eigenvalue weighted by atomic mass is 9.88. The van der Waals surface area contributed by atoms with Gasteiger partial charge < -0.3 is 20.2 Å². The number of hydrogen-bond donors (Lipinski definition) is 3. The Kier molecular flexibility index (Phi) is 6.05. The van der Waals surface area contributed by atoms with Crippen molar-refractivity contribution in [3.8, 4) is 11.3 Å². The van der Waals surface area contributed by atoms with Crippen LogP contribution in [-0.2, 0) is 0 Å². The zero-order valence-electron chi connectivity index (χ0n) is 19.2. The molecule has 2 aliphatic rings. The molecular weight excluding hydrogens is 408 g/mol. The molecule has 0 saturated carbocycles. The summed E-state index contributed by atoms with van der Waals surface area (Å²) in [5.41, 5.74) is 5.74. The second kappa shape index (κ2) is 9.28. The predicted octanol–water partition coefficient (Wildman–Crippen LogP) is 5.17. The van der Waals surface area contributed by atoms with E-state index in [1.807, 2.05) is 12.1 Å². The van der Waals surface area contributed by atoms with Crippen LogP contribution in [-0.4, -0.2) is 41.0 Å². The van der Waals surface area contributed by atoms with Crippen molar-refractivity contribution in [3.63, 3.8) is 0 Å². The van der Waals surface area contributed by atoms with Crippen LogP contribution in [0.2, 0.25) is 0 Å². The molecule has 1 fully saturated rings. The average molecular weight is 441 g/mol. The Hall–Kier alpha value is -3.31. The largest absolute Gasteiger partial charge is 0.385 e. The summed E-state index contributed by atoms with van der Waals surface area (Å²) in [4.78, 5) is 21.4. The number of pyridine rings is 1. The minimum Gasteiger partial charge on any atom is -0.385 e. The van der Waals surface area contributed by atoms with Crippen molar-refractivity contribution in [2.45, 2.75) is 37.6 Å². The maximum atomic E-state index is 12.6. The number of rotatable bonds is 7. The zero-order chi connectivity index (χ0) is 22.8. The van der Waals surface area contributed by atoms with Gasteiger partial charge in [-0.25, -0.2) is 0 Å². The molecule has 2 unspecified atom stereocenters. The molecule has 2 aromatic heterocycles. The number of likely N-dealkylation sites (tertiary alicyclic amines) is 1. The number of hydrogen-bond acceptors (Lipinski definition) is 3. The van der Waals surface area contributed by atoms with Crippen molar-refractivity contribution in [2.24, 2.45) is 0 Å². The highest BCUT2D eigenvalue weighted by Crippen LogP contribution is 2.38. The van der Waals surface area contributed by atoms with Gasteiger partial charge in [0.2, 0.25) is 0 Å². The fourth-order valence-corrected chi connectivity index (χ4v) is 5.25. The van der Waals surface area contributed by atoms with E-state index in [1.54, 1.807) is 6.20 Å². The van der Waals surface area contributed by atoms with Crippen molar-refractivity contribution in [1.82, 2.24) is 20.2 Å². The summed E-state index contributed by atoms with van der Waals surface area (Å²) in [6.07, 6.45) is 14.9. The third-order valence-electron chi connectivity index (χ3n) is 7.11. The van der Waals surface area contributed by atoms with Crippen LogP contribution >= 0.6 is 0 Å². The van der Waals surface area contributed by atoms with E-state index >= 15 is 0 Å². The number of H-pyrrole nitrogens is 2. The summed E-state index contributed by atoms with van der Waals surface area (Å²) in [7, 11) is 2.22. The number of fused-ring (bicyclic) bond motifs is 1. The number of nitrogens with zero attached hydrogens (tertiary/aromatic N) is 1. The molecule has 0 radical (unpaired) electrons. The maximum absolute atomic E-state index is 12.6. The molecule has 1 aliphatic heterocycles. The lowest BCUT2D eigenvalue weighted by molar-refractivity contribution is 0.297. The minimum absolute atomic E-state index is 0.0798. The fraction of sp³-hybridized carbons (Fsp3) is 0.321. The quantitative estimate of drug-likeness (QED) is 0.475. The van der Waals surface area contributed by atoms with Gasteiger partial charge in [0.05, 0.1) is 11.3 Å². The number of aromatic amines is 2. The monoisotopic (exact) mass is 440 g/mol. The van der Waals surface area contributed by atoms with Crippen LogP contribution in [0.3, 0.4) is 0 Å². The van der Waals surface area contributed by atoms with Gasteiger partial charge in [-0.3, -0.25) is 4.79 Å². The maximum Gasteiger partial charge on any atom is 0.257 e. The molecule has 5 heteroatoms. The SMILES string of the molecule is C=C(NCCC1CCCN1C)c1ccc2[nH]c(-c3ccc[nH]c3=O)c(C3C=CC=CC3)c2c1. The van der Waals surface area contributed by atoms with Crippen LogP contribution in [0.5, 0.6) is 0 Å². The van der Waals surface area contributed by atoms with Crippen molar-refractivity contribution in [1.29, 1.82) is 0 Å². The molecule has 0 spiro atoms. The summed E-state index contributed by atoms with van der Waals surface area (Å²) in [5.74, 6) is 0.215. The zero-order valence-corrected chi connectivity index (χ0v) is 19.2. The summed E-state index contributed by atoms with van der Waals surface area (Å²) in [5, 5.41) is 4.69.